The highest BCUT2D eigenvalue weighted by Gasteiger charge is 2.39. The molecule has 124 valence electrons. The van der Waals surface area contributed by atoms with Crippen molar-refractivity contribution in [1.82, 2.24) is 0 Å². The SMILES string of the molecule is O=C(O)c1ccc([C@@H]2Nc3ccc(F)cc3[C@H]3OCCC[C@H]32)cc1. The van der Waals surface area contributed by atoms with Crippen LogP contribution in [0.2, 0.25) is 0 Å². The number of fused-ring (bicyclic) bond motifs is 3. The van der Waals surface area contributed by atoms with Crippen LogP contribution in [0.15, 0.2) is 42.5 Å². The van der Waals surface area contributed by atoms with Crippen molar-refractivity contribution >= 4 is 11.7 Å². The number of aromatic carboxylic acids is 1. The minimum absolute atomic E-state index is 0.0242. The highest BCUT2D eigenvalue weighted by molar-refractivity contribution is 5.87. The molecular weight excluding hydrogens is 309 g/mol. The smallest absolute Gasteiger partial charge is 0.335 e. The van der Waals surface area contributed by atoms with Crippen molar-refractivity contribution in [3.05, 3.63) is 65.0 Å². The fraction of sp³-hybridized carbons (Fsp3) is 0.316. The molecule has 24 heavy (non-hydrogen) atoms. The van der Waals surface area contributed by atoms with Crippen LogP contribution in [-0.4, -0.2) is 17.7 Å². The van der Waals surface area contributed by atoms with Gasteiger partial charge in [0.2, 0.25) is 0 Å². The summed E-state index contributed by atoms with van der Waals surface area (Å²) in [4.78, 5) is 11.0. The Labute approximate surface area is 139 Å². The zero-order valence-electron chi connectivity index (χ0n) is 13.0. The summed E-state index contributed by atoms with van der Waals surface area (Å²) in [7, 11) is 0. The Kier molecular flexibility index (Phi) is 3.73. The Morgan fingerprint density at radius 3 is 2.75 bits per heavy atom. The Balaban J connectivity index is 1.73. The van der Waals surface area contributed by atoms with Gasteiger partial charge in [-0.3, -0.25) is 0 Å². The summed E-state index contributed by atoms with van der Waals surface area (Å²) in [6.07, 6.45) is 1.82. The van der Waals surface area contributed by atoms with E-state index in [1.165, 1.54) is 6.07 Å². The van der Waals surface area contributed by atoms with Crippen LogP contribution in [0.25, 0.3) is 0 Å². The molecule has 4 nitrogen and oxygen atoms in total. The number of rotatable bonds is 2. The Morgan fingerprint density at radius 2 is 2.00 bits per heavy atom. The molecule has 2 aromatic carbocycles. The molecule has 0 saturated carbocycles. The molecular formula is C19H18FNO3. The van der Waals surface area contributed by atoms with Crippen molar-refractivity contribution in [2.75, 3.05) is 11.9 Å². The van der Waals surface area contributed by atoms with Gasteiger partial charge in [0.25, 0.3) is 0 Å². The third-order valence-corrected chi connectivity index (χ3v) is 4.94. The largest absolute Gasteiger partial charge is 0.478 e. The standard InChI is InChI=1S/C19H18FNO3/c20-13-7-8-16-15(10-13)18-14(2-1-9-24-18)17(21-16)11-3-5-12(6-4-11)19(22)23/h3-8,10,14,17-18,21H,1-2,9H2,(H,22,23)/t14-,17-,18-/m0/s1. The first kappa shape index (κ1) is 15.1. The van der Waals surface area contributed by atoms with Gasteiger partial charge in [-0.25, -0.2) is 9.18 Å². The molecule has 4 rings (SSSR count). The van der Waals surface area contributed by atoms with E-state index in [1.807, 2.05) is 12.1 Å². The molecule has 0 aromatic heterocycles. The molecule has 1 fully saturated rings. The van der Waals surface area contributed by atoms with Crippen LogP contribution in [0.1, 0.15) is 46.5 Å². The number of hydrogen-bond donors (Lipinski definition) is 2. The topological polar surface area (TPSA) is 58.6 Å². The fourth-order valence-corrected chi connectivity index (χ4v) is 3.80. The number of ether oxygens (including phenoxy) is 1. The van der Waals surface area contributed by atoms with Crippen LogP contribution in [0.5, 0.6) is 0 Å². The zero-order chi connectivity index (χ0) is 16.7. The van der Waals surface area contributed by atoms with Crippen LogP contribution < -0.4 is 5.32 Å². The molecule has 2 heterocycles. The van der Waals surface area contributed by atoms with E-state index < -0.39 is 5.97 Å². The van der Waals surface area contributed by atoms with E-state index in [0.29, 0.717) is 6.61 Å². The second kappa shape index (κ2) is 5.91. The highest BCUT2D eigenvalue weighted by Crippen LogP contribution is 2.49. The number of carbonyl (C=O) groups is 1. The molecule has 0 spiro atoms. The van der Waals surface area contributed by atoms with Crippen molar-refractivity contribution in [3.8, 4) is 0 Å². The van der Waals surface area contributed by atoms with Gasteiger partial charge in [0.05, 0.1) is 17.7 Å². The van der Waals surface area contributed by atoms with E-state index in [-0.39, 0.29) is 29.4 Å². The van der Waals surface area contributed by atoms with Gasteiger partial charge < -0.3 is 15.2 Å². The third-order valence-electron chi connectivity index (χ3n) is 4.94. The van der Waals surface area contributed by atoms with E-state index in [4.69, 9.17) is 9.84 Å². The third kappa shape index (κ3) is 2.55. The lowest BCUT2D eigenvalue weighted by Gasteiger charge is -2.43. The average molecular weight is 327 g/mol. The predicted molar refractivity (Wildman–Crippen MR) is 87.6 cm³/mol. The lowest BCUT2D eigenvalue weighted by Crippen LogP contribution is -2.36. The Morgan fingerprint density at radius 1 is 1.21 bits per heavy atom. The number of hydrogen-bond acceptors (Lipinski definition) is 3. The molecule has 0 radical (unpaired) electrons. The molecule has 0 amide bonds. The van der Waals surface area contributed by atoms with Crippen LogP contribution in [0, 0.1) is 11.7 Å². The van der Waals surface area contributed by atoms with Gasteiger partial charge in [0, 0.05) is 23.8 Å². The summed E-state index contributed by atoms with van der Waals surface area (Å²) in [5.41, 5.74) is 3.05. The molecule has 1 saturated heterocycles. The molecule has 3 atom stereocenters. The van der Waals surface area contributed by atoms with Crippen LogP contribution in [-0.2, 0) is 4.74 Å². The van der Waals surface area contributed by atoms with E-state index in [9.17, 15) is 9.18 Å². The fourth-order valence-electron chi connectivity index (χ4n) is 3.80. The lowest BCUT2D eigenvalue weighted by molar-refractivity contribution is -0.0382. The van der Waals surface area contributed by atoms with E-state index in [2.05, 4.69) is 5.32 Å². The van der Waals surface area contributed by atoms with Gasteiger partial charge >= 0.3 is 5.97 Å². The van der Waals surface area contributed by atoms with E-state index >= 15 is 0 Å². The quantitative estimate of drug-likeness (QED) is 0.869. The lowest BCUT2D eigenvalue weighted by atomic mass is 9.77. The van der Waals surface area contributed by atoms with Crippen molar-refractivity contribution < 1.29 is 19.0 Å². The number of benzene rings is 2. The molecule has 0 bridgehead atoms. The second-order valence-corrected chi connectivity index (χ2v) is 6.38. The monoisotopic (exact) mass is 327 g/mol. The van der Waals surface area contributed by atoms with Crippen LogP contribution in [0.3, 0.4) is 0 Å². The van der Waals surface area contributed by atoms with Crippen LogP contribution in [0.4, 0.5) is 10.1 Å². The zero-order valence-corrected chi connectivity index (χ0v) is 13.0. The Hall–Kier alpha value is -2.40. The Bertz CT molecular complexity index is 775. The highest BCUT2D eigenvalue weighted by atomic mass is 19.1. The van der Waals surface area contributed by atoms with Crippen molar-refractivity contribution in [2.45, 2.75) is 25.0 Å². The summed E-state index contributed by atoms with van der Waals surface area (Å²) < 4.78 is 19.6. The summed E-state index contributed by atoms with van der Waals surface area (Å²) in [6, 6.07) is 11.7. The van der Waals surface area contributed by atoms with Gasteiger partial charge in [-0.2, -0.15) is 0 Å². The van der Waals surface area contributed by atoms with E-state index in [1.54, 1.807) is 24.3 Å². The second-order valence-electron chi connectivity index (χ2n) is 6.38. The van der Waals surface area contributed by atoms with Gasteiger partial charge in [0.15, 0.2) is 0 Å². The molecule has 2 N–H and O–H groups in total. The number of carboxylic acid groups (broad SMARTS) is 1. The maximum atomic E-state index is 13.7. The first-order valence-corrected chi connectivity index (χ1v) is 8.14. The number of anilines is 1. The van der Waals surface area contributed by atoms with Gasteiger partial charge in [-0.1, -0.05) is 12.1 Å². The average Bonchev–Trinajstić information content (AvgIpc) is 2.61. The van der Waals surface area contributed by atoms with Crippen molar-refractivity contribution in [3.63, 3.8) is 0 Å². The number of halogens is 1. The summed E-state index contributed by atoms with van der Waals surface area (Å²) in [6.45, 7) is 0.682. The predicted octanol–water partition coefficient (Wildman–Crippen LogP) is 4.16. The minimum atomic E-state index is -0.933. The summed E-state index contributed by atoms with van der Waals surface area (Å²) in [5, 5.41) is 12.6. The van der Waals surface area contributed by atoms with Crippen molar-refractivity contribution in [1.29, 1.82) is 0 Å². The molecule has 2 aliphatic rings. The van der Waals surface area contributed by atoms with Gasteiger partial charge in [0.1, 0.15) is 5.82 Å². The summed E-state index contributed by atoms with van der Waals surface area (Å²) >= 11 is 0. The van der Waals surface area contributed by atoms with Gasteiger partial charge in [-0.05, 0) is 48.7 Å². The first-order valence-electron chi connectivity index (χ1n) is 8.14. The molecule has 0 unspecified atom stereocenters. The van der Waals surface area contributed by atoms with Crippen molar-refractivity contribution in [2.24, 2.45) is 5.92 Å². The first-order chi connectivity index (χ1) is 11.6. The molecule has 2 aliphatic heterocycles. The molecule has 5 heteroatoms. The normalized spacial score (nSPS) is 25.3. The molecule has 0 aliphatic carbocycles. The maximum Gasteiger partial charge on any atom is 0.335 e. The van der Waals surface area contributed by atoms with Gasteiger partial charge in [-0.15, -0.1) is 0 Å². The maximum absolute atomic E-state index is 13.7. The molecule has 2 aromatic rings. The van der Waals surface area contributed by atoms with Crippen LogP contribution >= 0.6 is 0 Å². The van der Waals surface area contributed by atoms with E-state index in [0.717, 1.165) is 29.7 Å². The summed E-state index contributed by atoms with van der Waals surface area (Å²) in [5.74, 6) is -0.991. The minimum Gasteiger partial charge on any atom is -0.478 e. The number of nitrogens with one attached hydrogen (secondary N) is 1. The number of carboxylic acids is 1.